The Labute approximate surface area is 185 Å². The Morgan fingerprint density at radius 1 is 1.32 bits per heavy atom. The number of rotatable bonds is 5. The van der Waals surface area contributed by atoms with Crippen molar-refractivity contribution < 1.29 is 14.3 Å². The summed E-state index contributed by atoms with van der Waals surface area (Å²) in [6.07, 6.45) is 3.45. The van der Waals surface area contributed by atoms with Crippen molar-refractivity contribution in [2.45, 2.75) is 6.54 Å². The van der Waals surface area contributed by atoms with Gasteiger partial charge in [0, 0.05) is 16.8 Å². The number of anilines is 1. The number of benzene rings is 1. The highest BCUT2D eigenvalue weighted by Crippen LogP contribution is 2.40. The molecule has 0 spiro atoms. The molecule has 2 amide bonds. The van der Waals surface area contributed by atoms with Gasteiger partial charge in [-0.15, -0.1) is 11.3 Å². The van der Waals surface area contributed by atoms with Crippen LogP contribution in [-0.4, -0.2) is 33.9 Å². The minimum absolute atomic E-state index is 0.217. The first kappa shape index (κ1) is 19.4. The van der Waals surface area contributed by atoms with Crippen molar-refractivity contribution in [1.82, 2.24) is 20.3 Å². The summed E-state index contributed by atoms with van der Waals surface area (Å²) in [6, 6.07) is 8.86. The predicted octanol–water partition coefficient (Wildman–Crippen LogP) is 4.04. The number of amides is 2. The van der Waals surface area contributed by atoms with Crippen LogP contribution in [0.1, 0.15) is 26.8 Å². The van der Waals surface area contributed by atoms with E-state index in [4.69, 9.17) is 16.3 Å². The quantitative estimate of drug-likeness (QED) is 0.342. The number of H-pyrrole nitrogens is 2. The number of carbonyl (C=O) groups excluding carboxylic acids is 2. The van der Waals surface area contributed by atoms with Gasteiger partial charge in [0.15, 0.2) is 0 Å². The van der Waals surface area contributed by atoms with Crippen LogP contribution < -0.4 is 15.4 Å². The molecule has 4 N–H and O–H groups in total. The molecule has 0 aliphatic carbocycles. The molecule has 4 heterocycles. The van der Waals surface area contributed by atoms with Gasteiger partial charge in [0.25, 0.3) is 11.8 Å². The fourth-order valence-corrected chi connectivity index (χ4v) is 4.56. The van der Waals surface area contributed by atoms with Crippen molar-refractivity contribution in [3.8, 4) is 5.75 Å². The van der Waals surface area contributed by atoms with E-state index in [-0.39, 0.29) is 18.4 Å². The summed E-state index contributed by atoms with van der Waals surface area (Å²) in [5, 5.41) is 6.93. The van der Waals surface area contributed by atoms with Crippen LogP contribution in [0.3, 0.4) is 0 Å². The average molecular weight is 454 g/mol. The molecule has 0 atom stereocenters. The monoisotopic (exact) mass is 453 g/mol. The predicted molar refractivity (Wildman–Crippen MR) is 120 cm³/mol. The highest BCUT2D eigenvalue weighted by Gasteiger charge is 2.29. The maximum absolute atomic E-state index is 12.7. The van der Waals surface area contributed by atoms with Crippen molar-refractivity contribution in [1.29, 1.82) is 0 Å². The van der Waals surface area contributed by atoms with Crippen LogP contribution in [0.25, 0.3) is 22.7 Å². The minimum Gasteiger partial charge on any atom is -0.495 e. The standard InChI is InChI=1S/C21H16ClN5O3S/c1-30-16-4-5-23-15(16)7-11-12-8-17(31-21(12)27-19(11)28)20(29)24-9-18-25-13-3-2-10(22)6-14(13)26-18/h2-8,23H,9H2,1H3,(H,24,29)(H,25,26)(H,27,28)/b11-7-. The summed E-state index contributed by atoms with van der Waals surface area (Å²) >= 11 is 7.22. The molecule has 156 valence electrons. The number of ether oxygens (including phenoxy) is 1. The highest BCUT2D eigenvalue weighted by molar-refractivity contribution is 7.18. The van der Waals surface area contributed by atoms with Crippen LogP contribution in [0, 0.1) is 0 Å². The zero-order valence-electron chi connectivity index (χ0n) is 16.2. The molecule has 0 fully saturated rings. The van der Waals surface area contributed by atoms with E-state index >= 15 is 0 Å². The molecule has 0 saturated heterocycles. The number of nitrogens with one attached hydrogen (secondary N) is 4. The maximum Gasteiger partial charge on any atom is 0.261 e. The third-order valence-electron chi connectivity index (χ3n) is 4.87. The first-order valence-corrected chi connectivity index (χ1v) is 10.5. The number of fused-ring (bicyclic) bond motifs is 2. The maximum atomic E-state index is 12.7. The molecule has 1 aliphatic heterocycles. The highest BCUT2D eigenvalue weighted by atomic mass is 35.5. The van der Waals surface area contributed by atoms with Crippen molar-refractivity contribution >= 4 is 62.4 Å². The number of aromatic nitrogens is 3. The zero-order chi connectivity index (χ0) is 21.5. The van der Waals surface area contributed by atoms with Gasteiger partial charge in [-0.2, -0.15) is 0 Å². The summed E-state index contributed by atoms with van der Waals surface area (Å²) in [6.45, 7) is 0.239. The van der Waals surface area contributed by atoms with E-state index in [0.717, 1.165) is 11.0 Å². The smallest absolute Gasteiger partial charge is 0.261 e. The average Bonchev–Trinajstić information content (AvgIpc) is 3.50. The van der Waals surface area contributed by atoms with Gasteiger partial charge >= 0.3 is 0 Å². The van der Waals surface area contributed by atoms with Gasteiger partial charge in [-0.25, -0.2) is 4.98 Å². The molecule has 0 radical (unpaired) electrons. The zero-order valence-corrected chi connectivity index (χ0v) is 17.8. The molecule has 8 nitrogen and oxygen atoms in total. The molecule has 1 aromatic carbocycles. The fraction of sp³-hybridized carbons (Fsp3) is 0.0952. The summed E-state index contributed by atoms with van der Waals surface area (Å²) in [5.74, 6) is 0.797. The molecule has 0 bridgehead atoms. The Bertz CT molecular complexity index is 1370. The van der Waals surface area contributed by atoms with E-state index in [0.29, 0.717) is 43.3 Å². The van der Waals surface area contributed by atoms with E-state index in [1.165, 1.54) is 11.3 Å². The van der Waals surface area contributed by atoms with Gasteiger partial charge in [0.2, 0.25) is 0 Å². The van der Waals surface area contributed by atoms with Crippen LogP contribution in [0.5, 0.6) is 5.75 Å². The van der Waals surface area contributed by atoms with Gasteiger partial charge in [0.1, 0.15) is 16.6 Å². The fourth-order valence-electron chi connectivity index (χ4n) is 3.40. The summed E-state index contributed by atoms with van der Waals surface area (Å²) < 4.78 is 5.28. The van der Waals surface area contributed by atoms with E-state index in [1.54, 1.807) is 43.6 Å². The van der Waals surface area contributed by atoms with E-state index in [9.17, 15) is 9.59 Å². The molecule has 31 heavy (non-hydrogen) atoms. The normalized spacial score (nSPS) is 14.1. The lowest BCUT2D eigenvalue weighted by Gasteiger charge is -2.02. The van der Waals surface area contributed by atoms with E-state index < -0.39 is 0 Å². The first-order valence-electron chi connectivity index (χ1n) is 9.33. The summed E-state index contributed by atoms with van der Waals surface area (Å²) in [4.78, 5) is 36.2. The number of nitrogens with zero attached hydrogens (tertiary/aromatic N) is 1. The number of halogens is 1. The Kier molecular flexibility index (Phi) is 4.76. The second-order valence-electron chi connectivity index (χ2n) is 6.85. The second kappa shape index (κ2) is 7.60. The molecule has 0 saturated carbocycles. The number of methoxy groups -OCH3 is 1. The second-order valence-corrected chi connectivity index (χ2v) is 8.34. The minimum atomic E-state index is -0.246. The first-order chi connectivity index (χ1) is 15.0. The number of imidazole rings is 1. The molecule has 10 heteroatoms. The number of thiophene rings is 1. The summed E-state index contributed by atoms with van der Waals surface area (Å²) in [5.41, 5.74) is 3.43. The van der Waals surface area contributed by atoms with Crippen LogP contribution in [-0.2, 0) is 11.3 Å². The summed E-state index contributed by atoms with van der Waals surface area (Å²) in [7, 11) is 1.56. The van der Waals surface area contributed by atoms with Crippen LogP contribution in [0.15, 0.2) is 36.5 Å². The molecule has 0 unspecified atom stereocenters. The van der Waals surface area contributed by atoms with Crippen LogP contribution >= 0.6 is 22.9 Å². The lowest BCUT2D eigenvalue weighted by Crippen LogP contribution is -2.22. The molecule has 1 aliphatic rings. The lowest BCUT2D eigenvalue weighted by molar-refractivity contribution is -0.110. The van der Waals surface area contributed by atoms with E-state index in [1.807, 2.05) is 6.07 Å². The molecular weight excluding hydrogens is 438 g/mol. The Morgan fingerprint density at radius 3 is 3.03 bits per heavy atom. The van der Waals surface area contributed by atoms with Crippen LogP contribution in [0.4, 0.5) is 5.00 Å². The largest absolute Gasteiger partial charge is 0.495 e. The number of hydrogen-bond acceptors (Lipinski definition) is 5. The SMILES string of the molecule is COc1cc[nH]c1/C=C1\C(=O)Nc2sc(C(=O)NCc3nc4ccc(Cl)cc4[nH]3)cc21. The molecule has 3 aromatic heterocycles. The van der Waals surface area contributed by atoms with Crippen molar-refractivity contribution in [3.05, 3.63) is 63.5 Å². The Morgan fingerprint density at radius 2 is 2.19 bits per heavy atom. The topological polar surface area (TPSA) is 112 Å². The Balaban J connectivity index is 1.34. The Hall–Kier alpha value is -3.56. The van der Waals surface area contributed by atoms with Gasteiger partial charge in [0.05, 0.1) is 40.8 Å². The molecule has 5 rings (SSSR count). The van der Waals surface area contributed by atoms with Crippen molar-refractivity contribution in [3.63, 3.8) is 0 Å². The van der Waals surface area contributed by atoms with Gasteiger partial charge in [-0.1, -0.05) is 11.6 Å². The van der Waals surface area contributed by atoms with Crippen LogP contribution in [0.2, 0.25) is 5.02 Å². The lowest BCUT2D eigenvalue weighted by atomic mass is 10.1. The van der Waals surface area contributed by atoms with E-state index in [2.05, 4.69) is 25.6 Å². The van der Waals surface area contributed by atoms with Gasteiger partial charge < -0.3 is 25.3 Å². The van der Waals surface area contributed by atoms with Gasteiger partial charge in [-0.3, -0.25) is 9.59 Å². The number of hydrogen-bond donors (Lipinski definition) is 4. The molecule has 4 aromatic rings. The van der Waals surface area contributed by atoms with Crippen molar-refractivity contribution in [2.75, 3.05) is 12.4 Å². The number of carbonyl (C=O) groups is 2. The number of aromatic amines is 2. The molecular formula is C21H16ClN5O3S. The third kappa shape index (κ3) is 3.58. The van der Waals surface area contributed by atoms with Crippen molar-refractivity contribution in [2.24, 2.45) is 0 Å². The third-order valence-corrected chi connectivity index (χ3v) is 6.16. The van der Waals surface area contributed by atoms with Gasteiger partial charge in [-0.05, 0) is 36.4 Å².